The largest absolute Gasteiger partial charge is 0.448 e. The van der Waals surface area contributed by atoms with E-state index in [0.717, 1.165) is 27.8 Å². The average Bonchev–Trinajstić information content (AvgIpc) is 3.83. The summed E-state index contributed by atoms with van der Waals surface area (Å²) in [6.07, 6.45) is -0.738. The van der Waals surface area contributed by atoms with E-state index < -0.39 is 40.8 Å². The molecule has 2 amide bonds. The first kappa shape index (κ1) is 42.3. The van der Waals surface area contributed by atoms with Crippen LogP contribution in [0.5, 0.6) is 5.75 Å². The van der Waals surface area contributed by atoms with Crippen LogP contribution in [0.2, 0.25) is 0 Å². The van der Waals surface area contributed by atoms with E-state index in [2.05, 4.69) is 52.2 Å². The van der Waals surface area contributed by atoms with Gasteiger partial charge in [-0.3, -0.25) is 14.5 Å². The Labute approximate surface area is 383 Å². The number of β-lactam (4-membered cyclic amide) rings is 1. The van der Waals surface area contributed by atoms with Crippen molar-refractivity contribution in [3.8, 4) is 5.75 Å². The van der Waals surface area contributed by atoms with Gasteiger partial charge in [0.25, 0.3) is 11.8 Å². The van der Waals surface area contributed by atoms with Crippen LogP contribution in [0.15, 0.2) is 204 Å². The molecule has 13 heteroatoms. The molecule has 0 radical (unpaired) electrons. The Balaban J connectivity index is 1.00. The third kappa shape index (κ3) is 8.55. The lowest BCUT2D eigenvalue weighted by Gasteiger charge is -2.49. The molecule has 2 N–H and O–H groups in total. The molecule has 318 valence electrons. The fourth-order valence-corrected chi connectivity index (χ4v) is 10.3. The maximum atomic E-state index is 14.5. The summed E-state index contributed by atoms with van der Waals surface area (Å²) in [7, 11) is 0. The summed E-state index contributed by atoms with van der Waals surface area (Å²) < 4.78 is 6.21. The van der Waals surface area contributed by atoms with Crippen LogP contribution in [-0.2, 0) is 24.7 Å². The average molecular weight is 902 g/mol. The molecular formula is C51H40ClN5O5S2. The highest BCUT2D eigenvalue weighted by molar-refractivity contribution is 8.00. The minimum absolute atomic E-state index is 0.0141. The lowest BCUT2D eigenvalue weighted by molar-refractivity contribution is -0.154. The van der Waals surface area contributed by atoms with Crippen molar-refractivity contribution in [3.63, 3.8) is 0 Å². The Morgan fingerprint density at radius 2 is 1.25 bits per heavy atom. The third-order valence-electron chi connectivity index (χ3n) is 11.0. The van der Waals surface area contributed by atoms with Crippen molar-refractivity contribution < 1.29 is 24.0 Å². The number of aromatic nitrogens is 1. The summed E-state index contributed by atoms with van der Waals surface area (Å²) in [5.74, 6) is -1.09. The van der Waals surface area contributed by atoms with Gasteiger partial charge in [0.2, 0.25) is 0 Å². The summed E-state index contributed by atoms with van der Waals surface area (Å²) in [6, 6.07) is 57.0. The molecule has 6 aromatic carbocycles. The molecular weight excluding hydrogens is 862 g/mol. The molecule has 2 aliphatic heterocycles. The van der Waals surface area contributed by atoms with E-state index in [1.165, 1.54) is 28.0 Å². The van der Waals surface area contributed by atoms with E-state index in [0.29, 0.717) is 22.2 Å². The van der Waals surface area contributed by atoms with Crippen molar-refractivity contribution in [1.82, 2.24) is 15.2 Å². The monoisotopic (exact) mass is 901 g/mol. The number of benzene rings is 6. The van der Waals surface area contributed by atoms with Gasteiger partial charge in [-0.2, -0.15) is 0 Å². The molecule has 1 unspecified atom stereocenters. The number of esters is 1. The van der Waals surface area contributed by atoms with Gasteiger partial charge in [0.05, 0.1) is 0 Å². The number of anilines is 1. The Morgan fingerprint density at radius 1 is 0.750 bits per heavy atom. The molecule has 9 rings (SSSR count). The number of carbonyl (C=O) groups is 3. The van der Waals surface area contributed by atoms with Crippen molar-refractivity contribution in [2.24, 2.45) is 5.16 Å². The van der Waals surface area contributed by atoms with Crippen LogP contribution in [0.1, 0.15) is 39.6 Å². The quantitative estimate of drug-likeness (QED) is 0.0261. The summed E-state index contributed by atoms with van der Waals surface area (Å²) in [6.45, 7) is 0. The number of fused-ring (bicyclic) bond motifs is 1. The van der Waals surface area contributed by atoms with E-state index in [4.69, 9.17) is 26.2 Å². The first-order valence-corrected chi connectivity index (χ1v) is 23.0. The number of ether oxygens (including phenoxy) is 1. The van der Waals surface area contributed by atoms with Crippen LogP contribution in [0.3, 0.4) is 0 Å². The van der Waals surface area contributed by atoms with Crippen LogP contribution in [0, 0.1) is 0 Å². The molecule has 1 aromatic heterocycles. The van der Waals surface area contributed by atoms with E-state index in [1.807, 2.05) is 121 Å². The second-order valence-electron chi connectivity index (χ2n) is 14.9. The van der Waals surface area contributed by atoms with Gasteiger partial charge in [-0.15, -0.1) is 34.7 Å². The van der Waals surface area contributed by atoms with Gasteiger partial charge in [0.1, 0.15) is 28.3 Å². The predicted octanol–water partition coefficient (Wildman–Crippen LogP) is 9.56. The van der Waals surface area contributed by atoms with Crippen molar-refractivity contribution in [3.05, 3.63) is 232 Å². The number of hydrogen-bond donors (Lipinski definition) is 2. The number of amides is 2. The number of nitrogens with zero attached hydrogens (tertiary/aromatic N) is 3. The molecule has 64 heavy (non-hydrogen) atoms. The van der Waals surface area contributed by atoms with Crippen molar-refractivity contribution >= 4 is 63.3 Å². The number of alkyl halides is 1. The Hall–Kier alpha value is -6.99. The number of thiazole rings is 1. The smallest absolute Gasteiger partial charge is 0.356 e. The van der Waals surface area contributed by atoms with Gasteiger partial charge in [-0.25, -0.2) is 9.78 Å². The SMILES string of the molecule is O=C(NC1C(=O)N2C(C(=O)OC(c3ccccc3)c3ccccc3)=C(CCl)CS[C@H]12)C(=NOc1ccccc1)c1csc(NC(c2ccccc2)(c2ccccc2)c2ccccc2)n1. The highest BCUT2D eigenvalue weighted by atomic mass is 35.5. The highest BCUT2D eigenvalue weighted by Gasteiger charge is 2.55. The minimum Gasteiger partial charge on any atom is -0.448 e. The second-order valence-corrected chi connectivity index (χ2v) is 17.1. The summed E-state index contributed by atoms with van der Waals surface area (Å²) >= 11 is 9.11. The molecule has 2 aliphatic rings. The molecule has 1 saturated heterocycles. The van der Waals surface area contributed by atoms with E-state index in [9.17, 15) is 14.4 Å². The van der Waals surface area contributed by atoms with Crippen LogP contribution in [-0.4, -0.2) is 56.4 Å². The molecule has 7 aromatic rings. The Morgan fingerprint density at radius 3 is 1.77 bits per heavy atom. The van der Waals surface area contributed by atoms with Gasteiger partial charge in [0.15, 0.2) is 22.7 Å². The van der Waals surface area contributed by atoms with Crippen LogP contribution in [0.4, 0.5) is 5.13 Å². The summed E-state index contributed by atoms with van der Waals surface area (Å²) in [4.78, 5) is 54.9. The van der Waals surface area contributed by atoms with Gasteiger partial charge in [-0.05, 0) is 45.5 Å². The minimum atomic E-state index is -1.00. The van der Waals surface area contributed by atoms with Gasteiger partial charge >= 0.3 is 5.97 Å². The number of para-hydroxylation sites is 1. The molecule has 10 nitrogen and oxygen atoms in total. The lowest BCUT2D eigenvalue weighted by atomic mass is 9.77. The standard InChI is InChI=1S/C51H40ClN5O5S2/c52-31-36-32-63-48-43(47(59)57(48)44(36)49(60)61-45(34-19-7-1-8-20-34)35-21-9-2-10-22-35)54-46(58)42(56-62-40-29-17-6-18-30-40)41-33-64-50(53-41)55-51(37-23-11-3-12-24-37,38-25-13-4-14-26-38)39-27-15-5-16-28-39/h1-30,33,43,45,48H,31-32H2,(H,53,55)(H,54,58)/t43?,48-/m1/s1. The molecule has 2 atom stereocenters. The zero-order valence-electron chi connectivity index (χ0n) is 34.1. The lowest BCUT2D eigenvalue weighted by Crippen LogP contribution is -2.71. The first-order chi connectivity index (χ1) is 31.4. The first-order valence-electron chi connectivity index (χ1n) is 20.5. The molecule has 1 fully saturated rings. The molecule has 3 heterocycles. The summed E-state index contributed by atoms with van der Waals surface area (Å²) in [5, 5.41) is 12.6. The van der Waals surface area contributed by atoms with Crippen LogP contribution >= 0.6 is 34.7 Å². The zero-order chi connectivity index (χ0) is 43.9. The van der Waals surface area contributed by atoms with Crippen molar-refractivity contribution in [1.29, 1.82) is 0 Å². The Bertz CT molecular complexity index is 2660. The zero-order valence-corrected chi connectivity index (χ0v) is 36.5. The van der Waals surface area contributed by atoms with Crippen LogP contribution in [0.25, 0.3) is 0 Å². The number of halogens is 1. The second kappa shape index (κ2) is 19.2. The number of hydrogen-bond acceptors (Lipinski definition) is 10. The van der Waals surface area contributed by atoms with Gasteiger partial charge < -0.3 is 20.2 Å². The number of oxime groups is 1. The number of carbonyl (C=O) groups excluding carboxylic acids is 3. The Kier molecular flexibility index (Phi) is 12.7. The van der Waals surface area contributed by atoms with E-state index in [-0.39, 0.29) is 23.0 Å². The fraction of sp³-hybridized carbons (Fsp3) is 0.118. The molecule has 0 saturated carbocycles. The molecule has 0 spiro atoms. The van der Waals surface area contributed by atoms with Gasteiger partial charge in [-0.1, -0.05) is 175 Å². The highest BCUT2D eigenvalue weighted by Crippen LogP contribution is 2.43. The fourth-order valence-electron chi connectivity index (χ4n) is 7.90. The maximum Gasteiger partial charge on any atom is 0.356 e. The number of nitrogens with one attached hydrogen (secondary N) is 2. The predicted molar refractivity (Wildman–Crippen MR) is 252 cm³/mol. The molecule has 0 bridgehead atoms. The molecule has 0 aliphatic carbocycles. The number of thioether (sulfide) groups is 1. The summed E-state index contributed by atoms with van der Waals surface area (Å²) in [5.41, 5.74) is 4.33. The third-order valence-corrected chi connectivity index (χ3v) is 13.4. The van der Waals surface area contributed by atoms with E-state index in [1.54, 1.807) is 29.6 Å². The number of rotatable bonds is 15. The van der Waals surface area contributed by atoms with Crippen molar-refractivity contribution in [2.45, 2.75) is 23.1 Å². The van der Waals surface area contributed by atoms with Gasteiger partial charge in [0, 0.05) is 17.0 Å². The topological polar surface area (TPSA) is 122 Å². The van der Waals surface area contributed by atoms with Crippen LogP contribution < -0.4 is 15.5 Å². The maximum absolute atomic E-state index is 14.5. The normalized spacial score (nSPS) is 16.1. The van der Waals surface area contributed by atoms with E-state index >= 15 is 0 Å². The van der Waals surface area contributed by atoms with Crippen molar-refractivity contribution in [2.75, 3.05) is 16.9 Å².